The molecule has 1 atom stereocenters. The van der Waals surface area contributed by atoms with E-state index >= 15 is 0 Å². The van der Waals surface area contributed by atoms with Crippen LogP contribution in [-0.4, -0.2) is 51.4 Å². The monoisotopic (exact) mass is 633 g/mol. The summed E-state index contributed by atoms with van der Waals surface area (Å²) in [4.78, 5) is 28.9. The molecule has 1 unspecified atom stereocenters. The first-order valence-electron chi connectivity index (χ1n) is 13.8. The number of aryl methyl sites for hydroxylation is 1. The van der Waals surface area contributed by atoms with Gasteiger partial charge in [-0.1, -0.05) is 73.3 Å². The second-order valence-electron chi connectivity index (χ2n) is 9.89. The lowest BCUT2D eigenvalue weighted by molar-refractivity contribution is -0.140. The van der Waals surface area contributed by atoms with Gasteiger partial charge < -0.3 is 15.0 Å². The lowest BCUT2D eigenvalue weighted by Gasteiger charge is -2.33. The van der Waals surface area contributed by atoms with E-state index in [-0.39, 0.29) is 33.1 Å². The number of rotatable bonds is 14. The molecule has 3 rings (SSSR count). The summed E-state index contributed by atoms with van der Waals surface area (Å²) in [5.41, 5.74) is 1.73. The highest BCUT2D eigenvalue weighted by molar-refractivity contribution is 7.92. The van der Waals surface area contributed by atoms with Gasteiger partial charge in [-0.2, -0.15) is 0 Å². The number of nitrogens with zero attached hydrogens (tertiary/aromatic N) is 2. The van der Waals surface area contributed by atoms with Gasteiger partial charge in [0.25, 0.3) is 10.0 Å². The van der Waals surface area contributed by atoms with Crippen LogP contribution in [0.15, 0.2) is 71.6 Å². The van der Waals surface area contributed by atoms with Gasteiger partial charge in [-0.25, -0.2) is 8.42 Å². The van der Waals surface area contributed by atoms with E-state index in [1.807, 2.05) is 26.8 Å². The molecule has 3 aromatic rings. The van der Waals surface area contributed by atoms with Crippen LogP contribution < -0.4 is 14.4 Å². The van der Waals surface area contributed by atoms with Crippen LogP contribution in [0.4, 0.5) is 5.69 Å². The molecule has 0 aliphatic carbocycles. The zero-order valence-corrected chi connectivity index (χ0v) is 26.6. The van der Waals surface area contributed by atoms with Crippen molar-refractivity contribution in [2.75, 3.05) is 24.5 Å². The van der Waals surface area contributed by atoms with E-state index in [1.165, 1.54) is 35.2 Å². The van der Waals surface area contributed by atoms with Crippen LogP contribution in [-0.2, 0) is 26.2 Å². The second kappa shape index (κ2) is 15.3. The fourth-order valence-corrected chi connectivity index (χ4v) is 6.36. The predicted molar refractivity (Wildman–Crippen MR) is 168 cm³/mol. The standard InChI is InChI=1S/C31H37Cl2N3O5S/c1-5-7-15-34-31(38)29(6-2)35(20-23-9-8-10-27(16-23)41-4)30(37)21-36(26-18-24(32)17-25(33)19-26)42(39,40)28-13-11-22(3)12-14-28/h8-14,16-19,29H,5-7,15,20-21H2,1-4H3,(H,34,38). The number of anilines is 1. The van der Waals surface area contributed by atoms with Crippen LogP contribution in [0.25, 0.3) is 0 Å². The Morgan fingerprint density at radius 2 is 1.64 bits per heavy atom. The minimum absolute atomic E-state index is 0.000642. The average molecular weight is 635 g/mol. The van der Waals surface area contributed by atoms with Crippen molar-refractivity contribution in [1.29, 1.82) is 0 Å². The highest BCUT2D eigenvalue weighted by Crippen LogP contribution is 2.30. The maximum absolute atomic E-state index is 14.2. The molecule has 226 valence electrons. The van der Waals surface area contributed by atoms with Gasteiger partial charge in [-0.15, -0.1) is 0 Å². The summed E-state index contributed by atoms with van der Waals surface area (Å²) in [6.45, 7) is 5.63. The average Bonchev–Trinajstić information content (AvgIpc) is 2.95. The molecule has 0 bridgehead atoms. The van der Waals surface area contributed by atoms with Crippen LogP contribution >= 0.6 is 23.2 Å². The van der Waals surface area contributed by atoms with Crippen molar-refractivity contribution in [2.45, 2.75) is 57.5 Å². The third-order valence-corrected chi connectivity index (χ3v) is 8.95. The number of carbonyl (C=O) groups is 2. The summed E-state index contributed by atoms with van der Waals surface area (Å²) in [5, 5.41) is 3.34. The maximum Gasteiger partial charge on any atom is 0.264 e. The van der Waals surface area contributed by atoms with E-state index in [0.717, 1.165) is 28.3 Å². The quantitative estimate of drug-likeness (QED) is 0.212. The lowest BCUT2D eigenvalue weighted by Crippen LogP contribution is -2.52. The Kier molecular flexibility index (Phi) is 12.1. The maximum atomic E-state index is 14.2. The van der Waals surface area contributed by atoms with Crippen LogP contribution in [0, 0.1) is 6.92 Å². The van der Waals surface area contributed by atoms with E-state index in [0.29, 0.717) is 18.7 Å². The summed E-state index contributed by atoms with van der Waals surface area (Å²) in [6.07, 6.45) is 2.02. The van der Waals surface area contributed by atoms with Crippen molar-refractivity contribution in [3.05, 3.63) is 87.9 Å². The number of sulfonamides is 1. The van der Waals surface area contributed by atoms with Crippen molar-refractivity contribution in [1.82, 2.24) is 10.2 Å². The molecule has 0 saturated heterocycles. The van der Waals surface area contributed by atoms with Gasteiger partial charge >= 0.3 is 0 Å². The van der Waals surface area contributed by atoms with Crippen molar-refractivity contribution in [3.63, 3.8) is 0 Å². The smallest absolute Gasteiger partial charge is 0.264 e. The number of halogens is 2. The molecule has 42 heavy (non-hydrogen) atoms. The zero-order chi connectivity index (χ0) is 30.9. The van der Waals surface area contributed by atoms with Gasteiger partial charge in [0.15, 0.2) is 0 Å². The molecule has 8 nitrogen and oxygen atoms in total. The van der Waals surface area contributed by atoms with Crippen LogP contribution in [0.3, 0.4) is 0 Å². The normalized spacial score (nSPS) is 12.0. The van der Waals surface area contributed by atoms with Crippen molar-refractivity contribution in [2.24, 2.45) is 0 Å². The molecule has 0 aromatic heterocycles. The Morgan fingerprint density at radius 3 is 2.24 bits per heavy atom. The first-order chi connectivity index (χ1) is 20.0. The van der Waals surface area contributed by atoms with Crippen LogP contribution in [0.5, 0.6) is 5.75 Å². The molecule has 3 aromatic carbocycles. The third kappa shape index (κ3) is 8.63. The first kappa shape index (κ1) is 33.2. The number of amides is 2. The van der Waals surface area contributed by atoms with Crippen molar-refractivity contribution < 1.29 is 22.7 Å². The molecule has 0 aliphatic heterocycles. The molecular weight excluding hydrogens is 597 g/mol. The molecule has 1 N–H and O–H groups in total. The molecule has 0 saturated carbocycles. The van der Waals surface area contributed by atoms with Gasteiger partial charge in [0, 0.05) is 23.1 Å². The zero-order valence-electron chi connectivity index (χ0n) is 24.3. The van der Waals surface area contributed by atoms with Gasteiger partial charge in [-0.05, 0) is 67.8 Å². The molecule has 0 radical (unpaired) electrons. The highest BCUT2D eigenvalue weighted by atomic mass is 35.5. The van der Waals surface area contributed by atoms with Crippen LogP contribution in [0.2, 0.25) is 10.0 Å². The van der Waals surface area contributed by atoms with E-state index in [2.05, 4.69) is 5.32 Å². The lowest BCUT2D eigenvalue weighted by atomic mass is 10.1. The summed E-state index contributed by atoms with van der Waals surface area (Å²) >= 11 is 12.5. The van der Waals surface area contributed by atoms with Gasteiger partial charge in [0.2, 0.25) is 11.8 Å². The number of hydrogen-bond donors (Lipinski definition) is 1. The molecular formula is C31H37Cl2N3O5S. The number of carbonyl (C=O) groups excluding carboxylic acids is 2. The molecule has 2 amide bonds. The molecule has 11 heteroatoms. The number of nitrogens with one attached hydrogen (secondary N) is 1. The number of benzene rings is 3. The number of hydrogen-bond acceptors (Lipinski definition) is 5. The number of methoxy groups -OCH3 is 1. The van der Waals surface area contributed by atoms with Crippen molar-refractivity contribution >= 4 is 50.7 Å². The minimum Gasteiger partial charge on any atom is -0.497 e. The van der Waals surface area contributed by atoms with E-state index in [9.17, 15) is 18.0 Å². The van der Waals surface area contributed by atoms with E-state index in [4.69, 9.17) is 27.9 Å². The highest BCUT2D eigenvalue weighted by Gasteiger charge is 2.34. The molecule has 0 aliphatic rings. The van der Waals surface area contributed by atoms with Crippen LogP contribution in [0.1, 0.15) is 44.2 Å². The predicted octanol–water partition coefficient (Wildman–Crippen LogP) is 6.23. The number of ether oxygens (including phenoxy) is 1. The fraction of sp³-hybridized carbons (Fsp3) is 0.355. The third-order valence-electron chi connectivity index (χ3n) is 6.73. The Labute approximate surface area is 258 Å². The van der Waals surface area contributed by atoms with Gasteiger partial charge in [0.1, 0.15) is 18.3 Å². The molecule has 0 fully saturated rings. The van der Waals surface area contributed by atoms with Gasteiger partial charge in [-0.3, -0.25) is 13.9 Å². The Balaban J connectivity index is 2.08. The Hall–Kier alpha value is -3.27. The Bertz CT molecular complexity index is 1460. The summed E-state index contributed by atoms with van der Waals surface area (Å²) < 4.78 is 34.3. The topological polar surface area (TPSA) is 96.0 Å². The van der Waals surface area contributed by atoms with E-state index in [1.54, 1.807) is 37.4 Å². The largest absolute Gasteiger partial charge is 0.497 e. The SMILES string of the molecule is CCCCNC(=O)C(CC)N(Cc1cccc(OC)c1)C(=O)CN(c1cc(Cl)cc(Cl)c1)S(=O)(=O)c1ccc(C)cc1. The van der Waals surface area contributed by atoms with Gasteiger partial charge in [0.05, 0.1) is 17.7 Å². The van der Waals surface area contributed by atoms with Crippen molar-refractivity contribution in [3.8, 4) is 5.75 Å². The Morgan fingerprint density at radius 1 is 0.976 bits per heavy atom. The summed E-state index contributed by atoms with van der Waals surface area (Å²) in [5.74, 6) is -0.277. The summed E-state index contributed by atoms with van der Waals surface area (Å²) in [7, 11) is -2.70. The summed E-state index contributed by atoms with van der Waals surface area (Å²) in [6, 6.07) is 17.0. The second-order valence-corrected chi connectivity index (χ2v) is 12.6. The first-order valence-corrected chi connectivity index (χ1v) is 15.9. The molecule has 0 spiro atoms. The fourth-order valence-electron chi connectivity index (χ4n) is 4.44. The minimum atomic E-state index is -4.24. The van der Waals surface area contributed by atoms with E-state index < -0.39 is 28.5 Å². The molecule has 0 heterocycles. The number of unbranched alkanes of at least 4 members (excludes halogenated alkanes) is 1.